The van der Waals surface area contributed by atoms with Crippen molar-refractivity contribution in [2.45, 2.75) is 31.2 Å². The van der Waals surface area contributed by atoms with Gasteiger partial charge in [-0.3, -0.25) is 14.4 Å². The zero-order valence-corrected chi connectivity index (χ0v) is 15.2. The Morgan fingerprint density at radius 1 is 1.46 bits per heavy atom. The maximum Gasteiger partial charge on any atom is 0.268 e. The summed E-state index contributed by atoms with van der Waals surface area (Å²) in [5, 5.41) is 4.58. The van der Waals surface area contributed by atoms with Crippen LogP contribution in [0, 0.1) is 0 Å². The minimum Gasteiger partial charge on any atom is -0.342 e. The highest BCUT2D eigenvalue weighted by Crippen LogP contribution is 2.29. The minimum absolute atomic E-state index is 0.142. The van der Waals surface area contributed by atoms with Gasteiger partial charge < -0.3 is 15.2 Å². The van der Waals surface area contributed by atoms with E-state index in [0.717, 1.165) is 0 Å². The lowest BCUT2D eigenvalue weighted by molar-refractivity contribution is -0.136. The molecule has 1 saturated heterocycles. The molecule has 0 bridgehead atoms. The summed E-state index contributed by atoms with van der Waals surface area (Å²) >= 11 is 2.80. The van der Waals surface area contributed by atoms with E-state index in [1.165, 1.54) is 28.0 Å². The quantitative estimate of drug-likeness (QED) is 0.843. The maximum absolute atomic E-state index is 12.5. The zero-order valence-electron chi connectivity index (χ0n) is 13.6. The van der Waals surface area contributed by atoms with E-state index >= 15 is 0 Å². The first kappa shape index (κ1) is 17.0. The summed E-state index contributed by atoms with van der Waals surface area (Å²) in [6.45, 7) is 3.85. The van der Waals surface area contributed by atoms with Gasteiger partial charge in [0.25, 0.3) is 5.56 Å². The lowest BCUT2D eigenvalue weighted by Crippen LogP contribution is -2.57. The molecule has 0 aromatic carbocycles. The SMILES string of the molecule is CN(Cc1nc2ccsc2c(=O)[nH]1)C(=O)[C@@H]1CSC(C)(C)C(=O)N1. The first-order valence-electron chi connectivity index (χ1n) is 7.44. The van der Waals surface area contributed by atoms with Gasteiger partial charge in [0.2, 0.25) is 11.8 Å². The van der Waals surface area contributed by atoms with Gasteiger partial charge in [0, 0.05) is 12.8 Å². The van der Waals surface area contributed by atoms with Crippen molar-refractivity contribution in [1.29, 1.82) is 0 Å². The molecule has 1 fully saturated rings. The van der Waals surface area contributed by atoms with Crippen molar-refractivity contribution in [1.82, 2.24) is 20.2 Å². The van der Waals surface area contributed by atoms with Crippen molar-refractivity contribution in [3.05, 3.63) is 27.6 Å². The number of nitrogens with one attached hydrogen (secondary N) is 2. The van der Waals surface area contributed by atoms with Gasteiger partial charge in [-0.1, -0.05) is 0 Å². The van der Waals surface area contributed by atoms with Crippen molar-refractivity contribution >= 4 is 45.1 Å². The van der Waals surface area contributed by atoms with Gasteiger partial charge in [-0.25, -0.2) is 4.98 Å². The third kappa shape index (κ3) is 3.18. The van der Waals surface area contributed by atoms with Crippen LogP contribution in [-0.4, -0.2) is 50.3 Å². The molecule has 0 aliphatic carbocycles. The van der Waals surface area contributed by atoms with Crippen LogP contribution in [0.25, 0.3) is 10.2 Å². The van der Waals surface area contributed by atoms with E-state index in [4.69, 9.17) is 0 Å². The average molecular weight is 366 g/mol. The molecule has 0 saturated carbocycles. The predicted molar refractivity (Wildman–Crippen MR) is 95.2 cm³/mol. The number of thioether (sulfide) groups is 1. The molecule has 2 aromatic heterocycles. The summed E-state index contributed by atoms with van der Waals surface area (Å²) < 4.78 is 0.0532. The topological polar surface area (TPSA) is 95.2 Å². The number of likely N-dealkylation sites (N-methyl/N-ethyl adjacent to an activating group) is 1. The summed E-state index contributed by atoms with van der Waals surface area (Å²) in [6.07, 6.45) is 0. The van der Waals surface area contributed by atoms with E-state index in [9.17, 15) is 14.4 Å². The highest BCUT2D eigenvalue weighted by Gasteiger charge is 2.38. The van der Waals surface area contributed by atoms with E-state index in [0.29, 0.717) is 21.8 Å². The Morgan fingerprint density at radius 3 is 2.92 bits per heavy atom. The Morgan fingerprint density at radius 2 is 2.21 bits per heavy atom. The summed E-state index contributed by atoms with van der Waals surface area (Å²) in [5.41, 5.74) is 0.428. The lowest BCUT2D eigenvalue weighted by atomic mass is 10.1. The molecule has 2 N–H and O–H groups in total. The summed E-state index contributed by atoms with van der Waals surface area (Å²) in [5.74, 6) is 0.614. The number of hydrogen-bond acceptors (Lipinski definition) is 6. The summed E-state index contributed by atoms with van der Waals surface area (Å²) in [6, 6.07) is 1.22. The number of nitrogens with zero attached hydrogens (tertiary/aromatic N) is 2. The van der Waals surface area contributed by atoms with Crippen LogP contribution in [-0.2, 0) is 16.1 Å². The number of aromatic amines is 1. The molecule has 2 aromatic rings. The summed E-state index contributed by atoms with van der Waals surface area (Å²) in [4.78, 5) is 45.1. The second kappa shape index (κ2) is 6.21. The van der Waals surface area contributed by atoms with Gasteiger partial charge in [0.05, 0.1) is 16.8 Å². The van der Waals surface area contributed by atoms with Crippen LogP contribution in [0.15, 0.2) is 16.2 Å². The Labute approximate surface area is 146 Å². The number of carbonyl (C=O) groups is 2. The van der Waals surface area contributed by atoms with Crippen LogP contribution in [0.2, 0.25) is 0 Å². The predicted octanol–water partition coefficient (Wildman–Crippen LogP) is 0.953. The normalized spacial score (nSPS) is 20.0. The third-order valence-electron chi connectivity index (χ3n) is 3.89. The molecule has 3 rings (SSSR count). The van der Waals surface area contributed by atoms with Crippen molar-refractivity contribution < 1.29 is 9.59 Å². The highest BCUT2D eigenvalue weighted by molar-refractivity contribution is 8.01. The minimum atomic E-state index is -0.558. The van der Waals surface area contributed by atoms with E-state index < -0.39 is 10.8 Å². The maximum atomic E-state index is 12.5. The standard InChI is InChI=1S/C15H18N4O3S2/c1-15(2)14(22)17-9(7-24-15)13(21)19(3)6-10-16-8-4-5-23-11(8)12(20)18-10/h4-5,9H,6-7H2,1-3H3,(H,17,22)(H,16,18,20)/t9-/m0/s1. The number of rotatable bonds is 3. The van der Waals surface area contributed by atoms with Gasteiger partial charge in [0.15, 0.2) is 0 Å². The van der Waals surface area contributed by atoms with Gasteiger partial charge in [-0.05, 0) is 25.3 Å². The number of thiophene rings is 1. The number of fused-ring (bicyclic) bond motifs is 1. The fraction of sp³-hybridized carbons (Fsp3) is 0.467. The Hall–Kier alpha value is -1.87. The number of hydrogen-bond donors (Lipinski definition) is 2. The van der Waals surface area contributed by atoms with Crippen LogP contribution in [0.3, 0.4) is 0 Å². The first-order valence-corrected chi connectivity index (χ1v) is 9.31. The fourth-order valence-corrected chi connectivity index (χ4v) is 4.15. The monoisotopic (exact) mass is 366 g/mol. The van der Waals surface area contributed by atoms with Gasteiger partial charge in [-0.2, -0.15) is 0 Å². The third-order valence-corrected chi connectivity index (χ3v) is 6.20. The number of aromatic nitrogens is 2. The second-order valence-corrected chi connectivity index (χ2v) is 8.75. The van der Waals surface area contributed by atoms with Gasteiger partial charge >= 0.3 is 0 Å². The van der Waals surface area contributed by atoms with Gasteiger partial charge in [0.1, 0.15) is 16.6 Å². The molecular weight excluding hydrogens is 348 g/mol. The first-order chi connectivity index (χ1) is 11.3. The van der Waals surface area contributed by atoms with Crippen LogP contribution in [0.5, 0.6) is 0 Å². The fourth-order valence-electron chi connectivity index (χ4n) is 2.43. The Balaban J connectivity index is 1.72. The van der Waals surface area contributed by atoms with Crippen molar-refractivity contribution in [2.24, 2.45) is 0 Å². The molecule has 7 nitrogen and oxygen atoms in total. The Kier molecular flexibility index (Phi) is 4.39. The molecule has 0 unspecified atom stereocenters. The summed E-state index contributed by atoms with van der Waals surface area (Å²) in [7, 11) is 1.64. The molecule has 128 valence electrons. The highest BCUT2D eigenvalue weighted by atomic mass is 32.2. The molecule has 24 heavy (non-hydrogen) atoms. The smallest absolute Gasteiger partial charge is 0.268 e. The van der Waals surface area contributed by atoms with Gasteiger partial charge in [-0.15, -0.1) is 23.1 Å². The van der Waals surface area contributed by atoms with E-state index in [2.05, 4.69) is 15.3 Å². The van der Waals surface area contributed by atoms with Crippen LogP contribution < -0.4 is 10.9 Å². The number of carbonyl (C=O) groups excluding carboxylic acids is 2. The van der Waals surface area contributed by atoms with E-state index in [1.807, 2.05) is 19.2 Å². The Bertz CT molecular complexity index is 858. The van der Waals surface area contributed by atoms with E-state index in [-0.39, 0.29) is 23.9 Å². The molecule has 1 aliphatic heterocycles. The molecule has 0 radical (unpaired) electrons. The van der Waals surface area contributed by atoms with Crippen LogP contribution in [0.1, 0.15) is 19.7 Å². The van der Waals surface area contributed by atoms with Crippen molar-refractivity contribution in [3.63, 3.8) is 0 Å². The van der Waals surface area contributed by atoms with Crippen LogP contribution in [0.4, 0.5) is 0 Å². The lowest BCUT2D eigenvalue weighted by Gasteiger charge is -2.34. The molecule has 2 amide bonds. The zero-order chi connectivity index (χ0) is 17.5. The molecule has 3 heterocycles. The molecular formula is C15H18N4O3S2. The number of amides is 2. The van der Waals surface area contributed by atoms with Crippen molar-refractivity contribution in [3.8, 4) is 0 Å². The van der Waals surface area contributed by atoms with Crippen molar-refractivity contribution in [2.75, 3.05) is 12.8 Å². The molecule has 1 aliphatic rings. The number of H-pyrrole nitrogens is 1. The largest absolute Gasteiger partial charge is 0.342 e. The van der Waals surface area contributed by atoms with Crippen LogP contribution >= 0.6 is 23.1 Å². The van der Waals surface area contributed by atoms with E-state index in [1.54, 1.807) is 13.1 Å². The second-order valence-electron chi connectivity index (χ2n) is 6.19. The molecule has 0 spiro atoms. The molecule has 9 heteroatoms. The average Bonchev–Trinajstić information content (AvgIpc) is 2.98. The molecule has 1 atom stereocenters.